The maximum Gasteiger partial charge on any atom is 0.269 e. The molecule has 1 heterocycles. The summed E-state index contributed by atoms with van der Waals surface area (Å²) in [5.74, 6) is 0.997. The number of aromatic nitrogens is 2. The Kier molecular flexibility index (Phi) is 4.25. The number of nitro benzene ring substituents is 1. The molecule has 0 aliphatic carbocycles. The van der Waals surface area contributed by atoms with Crippen LogP contribution in [0.1, 0.15) is 11.4 Å². The minimum atomic E-state index is -0.390. The molecule has 6 heteroatoms. The highest BCUT2D eigenvalue weighted by molar-refractivity contribution is 5.32. The van der Waals surface area contributed by atoms with Gasteiger partial charge in [0.2, 0.25) is 0 Å². The zero-order valence-electron chi connectivity index (χ0n) is 10.7. The molecule has 1 aromatic heterocycles. The highest BCUT2D eigenvalue weighted by atomic mass is 16.6. The second-order valence-electron chi connectivity index (χ2n) is 4.27. The van der Waals surface area contributed by atoms with Crippen molar-refractivity contribution in [2.45, 2.75) is 20.0 Å². The first-order chi connectivity index (χ1) is 9.16. The Morgan fingerprint density at radius 3 is 2.68 bits per heavy atom. The fraction of sp³-hybridized carbons (Fsp3) is 0.308. The van der Waals surface area contributed by atoms with Gasteiger partial charge in [0.15, 0.2) is 0 Å². The number of rotatable bonds is 6. The smallest absolute Gasteiger partial charge is 0.269 e. The summed E-state index contributed by atoms with van der Waals surface area (Å²) in [6.45, 7) is 4.36. The number of nitrogens with zero attached hydrogens (tertiary/aromatic N) is 3. The predicted molar refractivity (Wildman–Crippen MR) is 71.8 cm³/mol. The Bertz CT molecular complexity index is 548. The van der Waals surface area contributed by atoms with Gasteiger partial charge in [-0.3, -0.25) is 10.1 Å². The number of aryl methyl sites for hydroxylation is 1. The van der Waals surface area contributed by atoms with E-state index in [1.54, 1.807) is 18.3 Å². The zero-order chi connectivity index (χ0) is 13.7. The van der Waals surface area contributed by atoms with Gasteiger partial charge in [-0.25, -0.2) is 4.98 Å². The van der Waals surface area contributed by atoms with E-state index in [9.17, 15) is 10.1 Å². The summed E-state index contributed by atoms with van der Waals surface area (Å²) in [5, 5.41) is 13.8. The molecule has 2 rings (SSSR count). The van der Waals surface area contributed by atoms with Crippen LogP contribution in [0.2, 0.25) is 0 Å². The molecule has 0 bridgehead atoms. The van der Waals surface area contributed by atoms with Crippen molar-refractivity contribution in [2.24, 2.45) is 0 Å². The standard InChI is InChI=1S/C13H16N4O2/c1-11-15-7-9-16(11)8-6-14-10-12-2-4-13(5-3-12)17(18)19/h2-5,7,9,14H,6,8,10H2,1H3. The van der Waals surface area contributed by atoms with Gasteiger partial charge in [-0.2, -0.15) is 0 Å². The summed E-state index contributed by atoms with van der Waals surface area (Å²) in [4.78, 5) is 14.3. The summed E-state index contributed by atoms with van der Waals surface area (Å²) < 4.78 is 2.07. The Hall–Kier alpha value is -2.21. The normalized spacial score (nSPS) is 10.6. The Labute approximate surface area is 111 Å². The van der Waals surface area contributed by atoms with E-state index in [0.29, 0.717) is 6.54 Å². The molecule has 1 N–H and O–H groups in total. The van der Waals surface area contributed by atoms with E-state index in [0.717, 1.165) is 24.5 Å². The maximum atomic E-state index is 10.5. The van der Waals surface area contributed by atoms with Crippen LogP contribution in [0.4, 0.5) is 5.69 Å². The lowest BCUT2D eigenvalue weighted by Crippen LogP contribution is -2.19. The number of nitro groups is 1. The Balaban J connectivity index is 1.76. The molecule has 6 nitrogen and oxygen atoms in total. The first-order valence-corrected chi connectivity index (χ1v) is 6.08. The molecule has 0 radical (unpaired) electrons. The minimum absolute atomic E-state index is 0.123. The second-order valence-corrected chi connectivity index (χ2v) is 4.27. The minimum Gasteiger partial charge on any atom is -0.334 e. The molecule has 0 aliphatic heterocycles. The van der Waals surface area contributed by atoms with Crippen LogP contribution >= 0.6 is 0 Å². The molecule has 0 saturated heterocycles. The molecular weight excluding hydrogens is 244 g/mol. The molecule has 0 atom stereocenters. The fourth-order valence-corrected chi connectivity index (χ4v) is 1.81. The van der Waals surface area contributed by atoms with Crippen LogP contribution in [0.15, 0.2) is 36.7 Å². The topological polar surface area (TPSA) is 73.0 Å². The third-order valence-electron chi connectivity index (χ3n) is 2.93. The van der Waals surface area contributed by atoms with Gasteiger partial charge in [-0.1, -0.05) is 12.1 Å². The van der Waals surface area contributed by atoms with Crippen molar-refractivity contribution in [3.63, 3.8) is 0 Å². The first kappa shape index (κ1) is 13.2. The SMILES string of the molecule is Cc1nccn1CCNCc1ccc([N+](=O)[O-])cc1. The van der Waals surface area contributed by atoms with Crippen LogP contribution in [0, 0.1) is 17.0 Å². The monoisotopic (exact) mass is 260 g/mol. The summed E-state index contributed by atoms with van der Waals surface area (Å²) in [6.07, 6.45) is 3.73. The summed E-state index contributed by atoms with van der Waals surface area (Å²) in [5.41, 5.74) is 1.16. The van der Waals surface area contributed by atoms with Crippen molar-refractivity contribution in [1.82, 2.24) is 14.9 Å². The van der Waals surface area contributed by atoms with Gasteiger partial charge in [0.25, 0.3) is 5.69 Å². The van der Waals surface area contributed by atoms with Gasteiger partial charge in [0.1, 0.15) is 5.82 Å². The number of nitrogens with one attached hydrogen (secondary N) is 1. The van der Waals surface area contributed by atoms with Gasteiger partial charge < -0.3 is 9.88 Å². The number of hydrogen-bond donors (Lipinski definition) is 1. The third-order valence-corrected chi connectivity index (χ3v) is 2.93. The van der Waals surface area contributed by atoms with Crippen molar-refractivity contribution in [2.75, 3.05) is 6.54 Å². The summed E-state index contributed by atoms with van der Waals surface area (Å²) >= 11 is 0. The van der Waals surface area contributed by atoms with Crippen LogP contribution in [-0.2, 0) is 13.1 Å². The van der Waals surface area contributed by atoms with E-state index in [2.05, 4.69) is 14.9 Å². The van der Waals surface area contributed by atoms with Gasteiger partial charge in [0, 0.05) is 44.2 Å². The van der Waals surface area contributed by atoms with E-state index in [1.165, 1.54) is 12.1 Å². The van der Waals surface area contributed by atoms with E-state index in [-0.39, 0.29) is 10.6 Å². The van der Waals surface area contributed by atoms with Crippen molar-refractivity contribution < 1.29 is 4.92 Å². The van der Waals surface area contributed by atoms with Crippen LogP contribution in [0.25, 0.3) is 0 Å². The van der Waals surface area contributed by atoms with Crippen molar-refractivity contribution in [1.29, 1.82) is 0 Å². The highest BCUT2D eigenvalue weighted by Crippen LogP contribution is 2.11. The number of non-ortho nitro benzene ring substituents is 1. The molecule has 2 aromatic rings. The number of imidazole rings is 1. The van der Waals surface area contributed by atoms with E-state index < -0.39 is 0 Å². The van der Waals surface area contributed by atoms with E-state index in [4.69, 9.17) is 0 Å². The molecule has 0 fully saturated rings. The molecule has 0 aliphatic rings. The molecule has 0 unspecified atom stereocenters. The fourth-order valence-electron chi connectivity index (χ4n) is 1.81. The van der Waals surface area contributed by atoms with Crippen LogP contribution < -0.4 is 5.32 Å². The molecule has 0 saturated carbocycles. The van der Waals surface area contributed by atoms with E-state index in [1.807, 2.05) is 13.1 Å². The Morgan fingerprint density at radius 1 is 1.37 bits per heavy atom. The van der Waals surface area contributed by atoms with Crippen molar-refractivity contribution in [3.8, 4) is 0 Å². The number of benzene rings is 1. The average Bonchev–Trinajstić information content (AvgIpc) is 2.81. The van der Waals surface area contributed by atoms with Gasteiger partial charge >= 0.3 is 0 Å². The van der Waals surface area contributed by atoms with Gasteiger partial charge in [0.05, 0.1) is 4.92 Å². The molecule has 0 amide bonds. The molecule has 100 valence electrons. The Morgan fingerprint density at radius 2 is 2.11 bits per heavy atom. The number of hydrogen-bond acceptors (Lipinski definition) is 4. The van der Waals surface area contributed by atoms with Crippen molar-refractivity contribution >= 4 is 5.69 Å². The lowest BCUT2D eigenvalue weighted by Gasteiger charge is -2.07. The lowest BCUT2D eigenvalue weighted by atomic mass is 10.2. The molecular formula is C13H16N4O2. The quantitative estimate of drug-likeness (QED) is 0.489. The zero-order valence-corrected chi connectivity index (χ0v) is 10.7. The van der Waals surface area contributed by atoms with Crippen LogP contribution in [0.3, 0.4) is 0 Å². The molecule has 19 heavy (non-hydrogen) atoms. The first-order valence-electron chi connectivity index (χ1n) is 6.08. The summed E-state index contributed by atoms with van der Waals surface area (Å²) in [6, 6.07) is 6.59. The second kappa shape index (κ2) is 6.10. The predicted octanol–water partition coefficient (Wildman–Crippen LogP) is 1.89. The highest BCUT2D eigenvalue weighted by Gasteiger charge is 2.03. The third kappa shape index (κ3) is 3.62. The van der Waals surface area contributed by atoms with Crippen LogP contribution in [0.5, 0.6) is 0 Å². The molecule has 0 spiro atoms. The van der Waals surface area contributed by atoms with E-state index >= 15 is 0 Å². The van der Waals surface area contributed by atoms with Gasteiger partial charge in [-0.15, -0.1) is 0 Å². The summed E-state index contributed by atoms with van der Waals surface area (Å²) in [7, 11) is 0. The van der Waals surface area contributed by atoms with Crippen molar-refractivity contribution in [3.05, 3.63) is 58.2 Å². The van der Waals surface area contributed by atoms with Gasteiger partial charge in [-0.05, 0) is 12.5 Å². The molecule has 1 aromatic carbocycles. The largest absolute Gasteiger partial charge is 0.334 e. The van der Waals surface area contributed by atoms with Crippen LogP contribution in [-0.4, -0.2) is 21.0 Å². The average molecular weight is 260 g/mol. The maximum absolute atomic E-state index is 10.5. The lowest BCUT2D eigenvalue weighted by molar-refractivity contribution is -0.384.